The highest BCUT2D eigenvalue weighted by molar-refractivity contribution is 6.25. The maximum absolute atomic E-state index is 13.5. The summed E-state index contributed by atoms with van der Waals surface area (Å²) in [4.78, 5) is 61.6. The zero-order valence-corrected chi connectivity index (χ0v) is 22.7. The molecule has 1 fully saturated rings. The van der Waals surface area contributed by atoms with E-state index in [2.05, 4.69) is 25.3 Å². The molecular formula is C27H38N7O5+. The van der Waals surface area contributed by atoms with Gasteiger partial charge in [0.05, 0.1) is 23.0 Å². The Kier molecular flexibility index (Phi) is 10.9. The van der Waals surface area contributed by atoms with E-state index in [9.17, 15) is 19.2 Å². The van der Waals surface area contributed by atoms with Gasteiger partial charge < -0.3 is 25.3 Å². The SMILES string of the molecule is CC(C)OC(=O)[C@H](CCC(=O)C=[N+]=N)NC(=O)[C@H](Cc1c[nH]c2ccccc12)NC(=O)CN1CCN(C)CC1. The minimum absolute atomic E-state index is 0.0306. The second-order valence-corrected chi connectivity index (χ2v) is 10.1. The Hall–Kier alpha value is -3.86. The highest BCUT2D eigenvalue weighted by Gasteiger charge is 2.30. The second kappa shape index (κ2) is 14.3. The van der Waals surface area contributed by atoms with Gasteiger partial charge in [-0.25, -0.2) is 4.79 Å². The van der Waals surface area contributed by atoms with Crippen LogP contribution in [0.5, 0.6) is 0 Å². The number of carbonyl (C=O) groups excluding carboxylic acids is 4. The number of ketones is 1. The van der Waals surface area contributed by atoms with Crippen molar-refractivity contribution in [2.24, 2.45) is 0 Å². The van der Waals surface area contributed by atoms with Crippen molar-refractivity contribution in [3.05, 3.63) is 36.0 Å². The van der Waals surface area contributed by atoms with Crippen LogP contribution in [-0.4, -0.2) is 107 Å². The van der Waals surface area contributed by atoms with E-state index in [0.29, 0.717) is 0 Å². The van der Waals surface area contributed by atoms with Crippen LogP contribution in [0.3, 0.4) is 0 Å². The Morgan fingerprint density at radius 3 is 2.51 bits per heavy atom. The first-order valence-corrected chi connectivity index (χ1v) is 13.1. The van der Waals surface area contributed by atoms with Gasteiger partial charge in [-0.15, -0.1) is 0 Å². The molecule has 1 saturated heterocycles. The fourth-order valence-electron chi connectivity index (χ4n) is 4.44. The lowest BCUT2D eigenvalue weighted by molar-refractivity contribution is -0.152. The molecule has 0 aliphatic carbocycles. The molecule has 0 radical (unpaired) electrons. The summed E-state index contributed by atoms with van der Waals surface area (Å²) in [5.74, 6) is -1.97. The lowest BCUT2D eigenvalue weighted by Crippen LogP contribution is -2.55. The van der Waals surface area contributed by atoms with E-state index in [0.717, 1.165) is 48.9 Å². The number of nitrogens with one attached hydrogen (secondary N) is 4. The number of benzene rings is 1. The van der Waals surface area contributed by atoms with E-state index in [1.54, 1.807) is 20.0 Å². The number of fused-ring (bicyclic) bond motifs is 1. The number of H-pyrrole nitrogens is 1. The number of Topliss-reactive ketones (excluding diaryl/α,β-unsaturated/α-hetero) is 1. The molecule has 3 rings (SSSR count). The minimum Gasteiger partial charge on any atom is -0.461 e. The zero-order chi connectivity index (χ0) is 28.4. The second-order valence-electron chi connectivity index (χ2n) is 10.1. The predicted molar refractivity (Wildman–Crippen MR) is 144 cm³/mol. The van der Waals surface area contributed by atoms with Crippen LogP contribution in [0.2, 0.25) is 0 Å². The fraction of sp³-hybridized carbons (Fsp3) is 0.519. The Morgan fingerprint density at radius 2 is 1.82 bits per heavy atom. The van der Waals surface area contributed by atoms with Gasteiger partial charge in [0.15, 0.2) is 0 Å². The summed E-state index contributed by atoms with van der Waals surface area (Å²) in [5, 5.41) is 6.49. The van der Waals surface area contributed by atoms with Crippen LogP contribution in [0, 0.1) is 5.53 Å². The molecular weight excluding hydrogens is 502 g/mol. The highest BCUT2D eigenvalue weighted by Crippen LogP contribution is 2.19. The molecule has 0 spiro atoms. The molecule has 2 atom stereocenters. The van der Waals surface area contributed by atoms with Gasteiger partial charge in [-0.3, -0.25) is 19.3 Å². The Labute approximate surface area is 227 Å². The van der Waals surface area contributed by atoms with Gasteiger partial charge in [0.25, 0.3) is 0 Å². The molecule has 1 aliphatic rings. The van der Waals surface area contributed by atoms with Crippen LogP contribution < -0.4 is 10.6 Å². The van der Waals surface area contributed by atoms with E-state index >= 15 is 0 Å². The predicted octanol–water partition coefficient (Wildman–Crippen LogP) is 0.538. The van der Waals surface area contributed by atoms with Crippen LogP contribution in [0.15, 0.2) is 30.5 Å². The summed E-state index contributed by atoms with van der Waals surface area (Å²) >= 11 is 0. The number of ether oxygens (including phenoxy) is 1. The molecule has 4 N–H and O–H groups in total. The van der Waals surface area contributed by atoms with E-state index in [1.165, 1.54) is 0 Å². The van der Waals surface area contributed by atoms with Crippen molar-refractivity contribution < 1.29 is 28.7 Å². The number of amides is 2. The van der Waals surface area contributed by atoms with Crippen molar-refractivity contribution in [2.45, 2.75) is 51.3 Å². The number of aromatic nitrogens is 1. The van der Waals surface area contributed by atoms with E-state index in [-0.39, 0.29) is 31.7 Å². The van der Waals surface area contributed by atoms with Gasteiger partial charge in [0, 0.05) is 56.1 Å². The average Bonchev–Trinajstić information content (AvgIpc) is 3.30. The van der Waals surface area contributed by atoms with Gasteiger partial charge in [-0.05, 0) is 38.9 Å². The molecule has 0 bridgehead atoms. The molecule has 2 heterocycles. The van der Waals surface area contributed by atoms with Gasteiger partial charge in [0.1, 0.15) is 12.1 Å². The standard InChI is InChI=1S/C27H37N7O5/c1-18(2)39-27(38)23(9-8-20(35)16-30-28)32-26(37)24(14-19-15-29-22-7-5-4-6-21(19)22)31-25(36)17-34-12-10-33(3)11-13-34/h4-7,15-16,18,23-24,28-29H,8-14,17H2,1-3H3,(H-,31,32,36,37)/p+1/t23-,24-/m0/s1. The third kappa shape index (κ3) is 9.13. The van der Waals surface area contributed by atoms with Gasteiger partial charge in [-0.1, -0.05) is 18.2 Å². The highest BCUT2D eigenvalue weighted by atomic mass is 16.5. The van der Waals surface area contributed by atoms with Crippen LogP contribution in [0.25, 0.3) is 10.9 Å². The molecule has 1 aromatic heterocycles. The number of aromatic amines is 1. The number of rotatable bonds is 13. The van der Waals surface area contributed by atoms with E-state index in [4.69, 9.17) is 10.3 Å². The number of hydrogen-bond donors (Lipinski definition) is 4. The Balaban J connectivity index is 1.78. The number of para-hydroxylation sites is 1. The van der Waals surface area contributed by atoms with Crippen LogP contribution in [-0.2, 0) is 30.3 Å². The minimum atomic E-state index is -1.11. The molecule has 12 heteroatoms. The lowest BCUT2D eigenvalue weighted by atomic mass is 10.0. The average molecular weight is 541 g/mol. The maximum atomic E-state index is 13.5. The topological polar surface area (TPSA) is 162 Å². The van der Waals surface area contributed by atoms with Crippen molar-refractivity contribution in [2.75, 3.05) is 39.8 Å². The number of likely N-dealkylation sites (N-methyl/N-ethyl adjacent to an activating group) is 1. The van der Waals surface area contributed by atoms with Crippen molar-refractivity contribution >= 4 is 40.7 Å². The van der Waals surface area contributed by atoms with Gasteiger partial charge in [-0.2, -0.15) is 0 Å². The summed E-state index contributed by atoms with van der Waals surface area (Å²) in [6.07, 6.45) is 2.29. The number of hydrogen-bond acceptors (Lipinski definition) is 8. The fourth-order valence-corrected chi connectivity index (χ4v) is 4.44. The first-order chi connectivity index (χ1) is 18.7. The van der Waals surface area contributed by atoms with Crippen molar-refractivity contribution in [3.8, 4) is 0 Å². The molecule has 0 unspecified atom stereocenters. The van der Waals surface area contributed by atoms with Crippen LogP contribution in [0.4, 0.5) is 0 Å². The first-order valence-electron chi connectivity index (χ1n) is 13.1. The van der Waals surface area contributed by atoms with Crippen LogP contribution in [0.1, 0.15) is 32.3 Å². The van der Waals surface area contributed by atoms with Crippen LogP contribution >= 0.6 is 0 Å². The summed E-state index contributed by atoms with van der Waals surface area (Å²) in [6, 6.07) is 5.59. The van der Waals surface area contributed by atoms with E-state index < -0.39 is 35.8 Å². The summed E-state index contributed by atoms with van der Waals surface area (Å²) in [5.41, 5.74) is 8.57. The Morgan fingerprint density at radius 1 is 1.10 bits per heavy atom. The van der Waals surface area contributed by atoms with Gasteiger partial charge >= 0.3 is 12.2 Å². The summed E-state index contributed by atoms with van der Waals surface area (Å²) in [7, 11) is 2.03. The summed E-state index contributed by atoms with van der Waals surface area (Å²) < 4.78 is 5.30. The van der Waals surface area contributed by atoms with Crippen molar-refractivity contribution in [1.29, 1.82) is 5.53 Å². The number of nitrogens with zero attached hydrogens (tertiary/aromatic N) is 3. The first kappa shape index (κ1) is 29.7. The maximum Gasteiger partial charge on any atom is 0.372 e. The molecule has 1 aromatic carbocycles. The number of piperazine rings is 1. The van der Waals surface area contributed by atoms with Gasteiger partial charge in [0.2, 0.25) is 17.6 Å². The molecule has 1 aliphatic heterocycles. The molecule has 0 saturated carbocycles. The van der Waals surface area contributed by atoms with Crippen molar-refractivity contribution in [3.63, 3.8) is 0 Å². The summed E-state index contributed by atoms with van der Waals surface area (Å²) in [6.45, 7) is 6.75. The molecule has 2 amide bonds. The third-order valence-electron chi connectivity index (χ3n) is 6.55. The molecule has 12 nitrogen and oxygen atoms in total. The lowest BCUT2D eigenvalue weighted by Gasteiger charge is -2.32. The third-order valence-corrected chi connectivity index (χ3v) is 6.55. The molecule has 2 aromatic rings. The smallest absolute Gasteiger partial charge is 0.372 e. The normalized spacial score (nSPS) is 15.8. The van der Waals surface area contributed by atoms with Crippen molar-refractivity contribution in [1.82, 2.24) is 25.4 Å². The molecule has 210 valence electrons. The number of carbonyl (C=O) groups is 4. The zero-order valence-electron chi connectivity index (χ0n) is 22.7. The molecule has 39 heavy (non-hydrogen) atoms. The number of esters is 1. The quantitative estimate of drug-likeness (QED) is 0.125. The largest absolute Gasteiger partial charge is 0.461 e. The van der Waals surface area contributed by atoms with E-state index in [1.807, 2.05) is 36.2 Å². The Bertz CT molecular complexity index is 1210. The monoisotopic (exact) mass is 540 g/mol.